The van der Waals surface area contributed by atoms with Crippen LogP contribution in [-0.4, -0.2) is 110 Å². The summed E-state index contributed by atoms with van der Waals surface area (Å²) in [7, 11) is 0. The lowest BCUT2D eigenvalue weighted by Crippen LogP contribution is -2.61. The summed E-state index contributed by atoms with van der Waals surface area (Å²) in [4.78, 5) is 12.3. The molecular formula is C24H30O12. The normalized spacial score (nSPS) is 42.2. The molecule has 3 aliphatic rings. The zero-order valence-corrected chi connectivity index (χ0v) is 19.1. The molecule has 0 spiro atoms. The summed E-state index contributed by atoms with van der Waals surface area (Å²) in [5, 5.41) is 72.3. The van der Waals surface area contributed by atoms with E-state index in [4.69, 9.17) is 18.9 Å². The quantitative estimate of drug-likeness (QED) is 0.152. The van der Waals surface area contributed by atoms with Gasteiger partial charge in [0.25, 0.3) is 0 Å². The van der Waals surface area contributed by atoms with Crippen LogP contribution in [0.2, 0.25) is 0 Å². The highest BCUT2D eigenvalue weighted by Gasteiger charge is 2.64. The van der Waals surface area contributed by atoms with E-state index in [-0.39, 0.29) is 0 Å². The number of fused-ring (bicyclic) bond motifs is 1. The van der Waals surface area contributed by atoms with Crippen LogP contribution in [0, 0.1) is 11.8 Å². The second-order valence-electron chi connectivity index (χ2n) is 9.05. The minimum atomic E-state index is -2.23. The van der Waals surface area contributed by atoms with Gasteiger partial charge in [-0.25, -0.2) is 4.79 Å². The molecule has 7 N–H and O–H groups in total. The first-order chi connectivity index (χ1) is 17.2. The van der Waals surface area contributed by atoms with Crippen LogP contribution >= 0.6 is 0 Å². The van der Waals surface area contributed by atoms with E-state index >= 15 is 0 Å². The summed E-state index contributed by atoms with van der Waals surface area (Å²) in [6, 6.07) is 8.93. The van der Waals surface area contributed by atoms with Crippen molar-refractivity contribution in [1.82, 2.24) is 0 Å². The summed E-state index contributed by atoms with van der Waals surface area (Å²) >= 11 is 0. The first-order valence-electron chi connectivity index (χ1n) is 11.4. The van der Waals surface area contributed by atoms with Gasteiger partial charge in [0.15, 0.2) is 6.29 Å². The molecule has 11 atom stereocenters. The van der Waals surface area contributed by atoms with Crippen molar-refractivity contribution in [3.63, 3.8) is 0 Å². The first kappa shape index (κ1) is 26.7. The lowest BCUT2D eigenvalue weighted by Gasteiger charge is -2.44. The van der Waals surface area contributed by atoms with Crippen molar-refractivity contribution in [1.29, 1.82) is 0 Å². The van der Waals surface area contributed by atoms with Gasteiger partial charge in [0.2, 0.25) is 6.29 Å². The van der Waals surface area contributed by atoms with Crippen LogP contribution in [0.1, 0.15) is 5.56 Å². The number of carbonyl (C=O) groups excluding carboxylic acids is 1. The minimum absolute atomic E-state index is 0.684. The molecule has 1 saturated carbocycles. The number of aliphatic hydroxyl groups is 7. The highest BCUT2D eigenvalue weighted by molar-refractivity contribution is 5.87. The number of carbonyl (C=O) groups is 1. The molecule has 198 valence electrons. The second-order valence-corrected chi connectivity index (χ2v) is 9.05. The van der Waals surface area contributed by atoms with E-state index in [0.29, 0.717) is 0 Å². The second kappa shape index (κ2) is 10.9. The number of benzene rings is 1. The number of hydrogen-bond acceptors (Lipinski definition) is 12. The molecule has 12 nitrogen and oxygen atoms in total. The highest BCUT2D eigenvalue weighted by atomic mass is 16.8. The van der Waals surface area contributed by atoms with Crippen LogP contribution < -0.4 is 0 Å². The largest absolute Gasteiger partial charge is 0.472 e. The Hall–Kier alpha value is -2.39. The lowest BCUT2D eigenvalue weighted by atomic mass is 9.83. The van der Waals surface area contributed by atoms with Crippen molar-refractivity contribution in [2.24, 2.45) is 11.8 Å². The number of aliphatic hydroxyl groups excluding tert-OH is 6. The number of hydrogen-bond donors (Lipinski definition) is 7. The highest BCUT2D eigenvalue weighted by Crippen LogP contribution is 2.47. The third kappa shape index (κ3) is 5.05. The minimum Gasteiger partial charge on any atom is -0.472 e. The molecule has 0 aromatic heterocycles. The van der Waals surface area contributed by atoms with Crippen LogP contribution in [0.5, 0.6) is 0 Å². The maximum atomic E-state index is 12.3. The van der Waals surface area contributed by atoms with Crippen LogP contribution in [0.15, 0.2) is 48.7 Å². The topological polar surface area (TPSA) is 196 Å². The molecule has 0 radical (unpaired) electrons. The average Bonchev–Trinajstić information content (AvgIpc) is 3.09. The van der Waals surface area contributed by atoms with Gasteiger partial charge in [0.1, 0.15) is 42.7 Å². The maximum Gasteiger partial charge on any atom is 0.330 e. The molecule has 1 aliphatic carbocycles. The standard InChI is InChI=1S/C24H30O12/c25-10-14-18(28)19(29)20(30)23(35-14)36-22-16-13(8-9-33-22)17(27)21(31)24(16,32)11-34-15(26)7-6-12-4-2-1-3-5-12/h1-9,13-14,16-23,25,27-32H,10-11H2/b7-6+/t13-,14-,16+,17-,18-,19+,20-,21+,22-,23-,24+/m0/s1. The Labute approximate surface area is 206 Å². The molecule has 1 aromatic carbocycles. The molecule has 4 rings (SSSR count). The van der Waals surface area contributed by atoms with Crippen LogP contribution in [-0.2, 0) is 23.7 Å². The average molecular weight is 510 g/mol. The Balaban J connectivity index is 1.49. The predicted molar refractivity (Wildman–Crippen MR) is 119 cm³/mol. The SMILES string of the molecule is O=C(/C=C/c1ccccc1)OC[C@@]1(O)[C@H]2[C@H](O[C@@H]3O[C@@H](CO)[C@H](O)[C@@H](O)[C@@H]3O)OC=C[C@@H]2[C@H](O)[C@H]1O. The van der Waals surface area contributed by atoms with E-state index in [1.165, 1.54) is 18.4 Å². The van der Waals surface area contributed by atoms with E-state index in [1.807, 2.05) is 6.07 Å². The van der Waals surface area contributed by atoms with Gasteiger partial charge in [0, 0.05) is 12.0 Å². The third-order valence-corrected chi connectivity index (χ3v) is 6.80. The summed E-state index contributed by atoms with van der Waals surface area (Å²) in [6.45, 7) is -1.41. The summed E-state index contributed by atoms with van der Waals surface area (Å²) in [5.41, 5.74) is -1.49. The van der Waals surface area contributed by atoms with E-state index in [0.717, 1.165) is 11.6 Å². The monoisotopic (exact) mass is 510 g/mol. The molecule has 1 saturated heterocycles. The van der Waals surface area contributed by atoms with Gasteiger partial charge >= 0.3 is 5.97 Å². The fourth-order valence-corrected chi connectivity index (χ4v) is 4.77. The molecule has 0 unspecified atom stereocenters. The molecular weight excluding hydrogens is 480 g/mol. The van der Waals surface area contributed by atoms with Gasteiger partial charge in [-0.3, -0.25) is 0 Å². The summed E-state index contributed by atoms with van der Waals surface area (Å²) in [5.74, 6) is -2.91. The smallest absolute Gasteiger partial charge is 0.330 e. The van der Waals surface area contributed by atoms with Gasteiger partial charge < -0.3 is 54.7 Å². The zero-order chi connectivity index (χ0) is 26.0. The Kier molecular flexibility index (Phi) is 8.09. The lowest BCUT2D eigenvalue weighted by molar-refractivity contribution is -0.348. The van der Waals surface area contributed by atoms with E-state index in [9.17, 15) is 40.5 Å². The number of rotatable bonds is 7. The van der Waals surface area contributed by atoms with Crippen LogP contribution in [0.25, 0.3) is 6.08 Å². The van der Waals surface area contributed by atoms with E-state index < -0.39 is 85.8 Å². The number of ether oxygens (including phenoxy) is 4. The van der Waals surface area contributed by atoms with E-state index in [2.05, 4.69) is 0 Å². The molecule has 2 aliphatic heterocycles. The fourth-order valence-electron chi connectivity index (χ4n) is 4.77. The Bertz CT molecular complexity index is 952. The molecule has 36 heavy (non-hydrogen) atoms. The van der Waals surface area contributed by atoms with Crippen molar-refractivity contribution in [2.75, 3.05) is 13.2 Å². The Morgan fingerprint density at radius 2 is 1.72 bits per heavy atom. The third-order valence-electron chi connectivity index (χ3n) is 6.80. The Morgan fingerprint density at radius 3 is 2.42 bits per heavy atom. The Morgan fingerprint density at radius 1 is 1.00 bits per heavy atom. The first-order valence-corrected chi connectivity index (χ1v) is 11.4. The molecule has 0 bridgehead atoms. The van der Waals surface area contributed by atoms with E-state index in [1.54, 1.807) is 24.3 Å². The number of esters is 1. The molecule has 12 heteroatoms. The van der Waals surface area contributed by atoms with Gasteiger partial charge in [-0.2, -0.15) is 0 Å². The predicted octanol–water partition coefficient (Wildman–Crippen LogP) is -2.37. The molecule has 2 heterocycles. The molecule has 0 amide bonds. The maximum absolute atomic E-state index is 12.3. The fraction of sp³-hybridized carbons (Fsp3) is 0.542. The van der Waals surface area contributed by atoms with Crippen molar-refractivity contribution in [2.45, 2.75) is 54.8 Å². The van der Waals surface area contributed by atoms with Crippen LogP contribution in [0.3, 0.4) is 0 Å². The van der Waals surface area contributed by atoms with Gasteiger partial charge in [-0.05, 0) is 17.7 Å². The van der Waals surface area contributed by atoms with Crippen molar-refractivity contribution in [3.05, 3.63) is 54.3 Å². The zero-order valence-electron chi connectivity index (χ0n) is 19.1. The van der Waals surface area contributed by atoms with Gasteiger partial charge in [-0.1, -0.05) is 30.3 Å². The van der Waals surface area contributed by atoms with Crippen molar-refractivity contribution >= 4 is 12.0 Å². The summed E-state index contributed by atoms with van der Waals surface area (Å²) in [6.07, 6.45) is -7.38. The van der Waals surface area contributed by atoms with Crippen molar-refractivity contribution in [3.8, 4) is 0 Å². The van der Waals surface area contributed by atoms with Crippen molar-refractivity contribution < 1.29 is 59.5 Å². The van der Waals surface area contributed by atoms with Gasteiger partial charge in [0.05, 0.1) is 24.9 Å². The molecule has 1 aromatic rings. The molecule has 2 fully saturated rings. The van der Waals surface area contributed by atoms with Crippen LogP contribution in [0.4, 0.5) is 0 Å². The van der Waals surface area contributed by atoms with Gasteiger partial charge in [-0.15, -0.1) is 0 Å². The summed E-state index contributed by atoms with van der Waals surface area (Å²) < 4.78 is 21.6.